The average molecular weight is 346 g/mol. The lowest BCUT2D eigenvalue weighted by molar-refractivity contribution is -0.118. The second-order valence-electron chi connectivity index (χ2n) is 6.09. The van der Waals surface area contributed by atoms with Crippen LogP contribution in [0.4, 0.5) is 5.95 Å². The third kappa shape index (κ3) is 3.47. The summed E-state index contributed by atoms with van der Waals surface area (Å²) in [5, 5.41) is 6.10. The molecule has 132 valence electrons. The molecule has 2 N–H and O–H groups in total. The molecule has 2 atom stereocenters. The molecule has 0 radical (unpaired) electrons. The highest BCUT2D eigenvalue weighted by molar-refractivity contribution is 5.91. The number of hydrogen-bond donors (Lipinski definition) is 2. The number of carbonyl (C=O) groups is 1. The zero-order chi connectivity index (χ0) is 18.0. The van der Waals surface area contributed by atoms with Crippen molar-refractivity contribution < 1.29 is 9.53 Å². The molecule has 0 saturated carbocycles. The fraction of sp³-hybridized carbons (Fsp3) is 0.571. The van der Waals surface area contributed by atoms with Gasteiger partial charge in [0.25, 0.3) is 5.56 Å². The van der Waals surface area contributed by atoms with E-state index in [1.807, 2.05) is 0 Å². The third-order valence-electron chi connectivity index (χ3n) is 3.94. The van der Waals surface area contributed by atoms with Gasteiger partial charge in [0.2, 0.25) is 11.9 Å². The first kappa shape index (κ1) is 16.9. The Balaban J connectivity index is 1.89. The molecule has 0 bridgehead atoms. The van der Waals surface area contributed by atoms with Crippen molar-refractivity contribution >= 4 is 23.0 Å². The van der Waals surface area contributed by atoms with E-state index in [1.165, 1.54) is 6.33 Å². The van der Waals surface area contributed by atoms with E-state index in [0.29, 0.717) is 12.1 Å². The molecule has 11 heteroatoms. The summed E-state index contributed by atoms with van der Waals surface area (Å²) < 4.78 is 7.49. The predicted molar refractivity (Wildman–Crippen MR) is 88.8 cm³/mol. The number of fused-ring (bicyclic) bond motifs is 1. The highest BCUT2D eigenvalue weighted by Gasteiger charge is 2.28. The first-order valence-electron chi connectivity index (χ1n) is 7.93. The van der Waals surface area contributed by atoms with E-state index in [4.69, 9.17) is 10.3 Å². The zero-order valence-electron chi connectivity index (χ0n) is 13.8. The molecule has 1 saturated heterocycles. The number of aromatic amines is 1. The Morgan fingerprint density at radius 1 is 1.60 bits per heavy atom. The van der Waals surface area contributed by atoms with Crippen LogP contribution >= 0.6 is 0 Å². The van der Waals surface area contributed by atoms with Gasteiger partial charge < -0.3 is 4.74 Å². The number of amides is 1. The van der Waals surface area contributed by atoms with Crippen molar-refractivity contribution in [1.29, 1.82) is 0 Å². The van der Waals surface area contributed by atoms with Gasteiger partial charge in [0.05, 0.1) is 19.0 Å². The molecule has 1 aliphatic rings. The standard InChI is InChI=1S/C14H18N8O3/c1-7(2)12(23)19-14-18-11-10(13(24)20-14)16-6-22(11)9-4-3-8(25-9)5-17-21-15/h6-9H,3-5H2,1-2H3,(H2,18,19,20,23,24)/t8-,9+/m0/s1. The maximum Gasteiger partial charge on any atom is 0.280 e. The normalized spacial score (nSPS) is 20.0. The molecular weight excluding hydrogens is 328 g/mol. The summed E-state index contributed by atoms with van der Waals surface area (Å²) in [4.78, 5) is 37.6. The van der Waals surface area contributed by atoms with Gasteiger partial charge in [-0.3, -0.25) is 24.5 Å². The quantitative estimate of drug-likeness (QED) is 0.479. The van der Waals surface area contributed by atoms with Crippen LogP contribution in [0.5, 0.6) is 0 Å². The van der Waals surface area contributed by atoms with Crippen LogP contribution in [-0.2, 0) is 9.53 Å². The van der Waals surface area contributed by atoms with E-state index in [-0.39, 0.29) is 42.2 Å². The molecule has 1 amide bonds. The summed E-state index contributed by atoms with van der Waals surface area (Å²) >= 11 is 0. The molecule has 1 fully saturated rings. The van der Waals surface area contributed by atoms with Crippen molar-refractivity contribution in [1.82, 2.24) is 19.5 Å². The highest BCUT2D eigenvalue weighted by atomic mass is 16.5. The Bertz CT molecular complexity index is 895. The first-order chi connectivity index (χ1) is 12.0. The third-order valence-corrected chi connectivity index (χ3v) is 3.94. The van der Waals surface area contributed by atoms with Gasteiger partial charge in [-0.05, 0) is 18.4 Å². The molecule has 0 aromatic carbocycles. The fourth-order valence-electron chi connectivity index (χ4n) is 2.61. The smallest absolute Gasteiger partial charge is 0.280 e. The number of nitrogens with one attached hydrogen (secondary N) is 2. The van der Waals surface area contributed by atoms with Gasteiger partial charge in [-0.15, -0.1) is 0 Å². The van der Waals surface area contributed by atoms with Crippen LogP contribution in [-0.4, -0.2) is 38.1 Å². The molecule has 2 aromatic rings. The Labute approximate surface area is 142 Å². The Morgan fingerprint density at radius 3 is 3.12 bits per heavy atom. The number of ether oxygens (including phenoxy) is 1. The number of nitrogens with zero attached hydrogens (tertiary/aromatic N) is 6. The van der Waals surface area contributed by atoms with E-state index in [1.54, 1.807) is 18.4 Å². The largest absolute Gasteiger partial charge is 0.355 e. The maximum absolute atomic E-state index is 12.2. The van der Waals surface area contributed by atoms with Crippen molar-refractivity contribution in [3.8, 4) is 0 Å². The summed E-state index contributed by atoms with van der Waals surface area (Å²) in [7, 11) is 0. The highest BCUT2D eigenvalue weighted by Crippen LogP contribution is 2.30. The van der Waals surface area contributed by atoms with Gasteiger partial charge in [-0.2, -0.15) is 4.98 Å². The molecule has 3 heterocycles. The number of rotatable bonds is 5. The summed E-state index contributed by atoms with van der Waals surface area (Å²) in [5.41, 5.74) is 8.46. The second-order valence-corrected chi connectivity index (χ2v) is 6.09. The number of aromatic nitrogens is 4. The SMILES string of the molecule is CC(C)C(=O)Nc1nc2c(ncn2[C@H]2CC[C@@H](CN=[N+]=[N-])O2)c(=O)[nH]1. The Hall–Kier alpha value is -2.91. The number of carbonyl (C=O) groups excluding carboxylic acids is 1. The van der Waals surface area contributed by atoms with Gasteiger partial charge in [-0.1, -0.05) is 19.0 Å². The lowest BCUT2D eigenvalue weighted by Gasteiger charge is -2.14. The summed E-state index contributed by atoms with van der Waals surface area (Å²) in [6.07, 6.45) is 2.36. The van der Waals surface area contributed by atoms with Crippen molar-refractivity contribution in [2.75, 3.05) is 11.9 Å². The van der Waals surface area contributed by atoms with Gasteiger partial charge in [-0.25, -0.2) is 4.98 Å². The predicted octanol–water partition coefficient (Wildman–Crippen LogP) is 1.70. The van der Waals surface area contributed by atoms with Gasteiger partial charge in [0.1, 0.15) is 6.23 Å². The summed E-state index contributed by atoms with van der Waals surface area (Å²) in [6, 6.07) is 0. The van der Waals surface area contributed by atoms with Crippen LogP contribution in [0.1, 0.15) is 32.9 Å². The monoisotopic (exact) mass is 346 g/mol. The van der Waals surface area contributed by atoms with E-state index >= 15 is 0 Å². The molecule has 1 aliphatic heterocycles. The zero-order valence-corrected chi connectivity index (χ0v) is 13.8. The number of H-pyrrole nitrogens is 1. The van der Waals surface area contributed by atoms with Crippen molar-refractivity contribution in [3.05, 3.63) is 27.1 Å². The molecule has 3 rings (SSSR count). The first-order valence-corrected chi connectivity index (χ1v) is 7.93. The average Bonchev–Trinajstić information content (AvgIpc) is 3.19. The van der Waals surface area contributed by atoms with E-state index < -0.39 is 5.56 Å². The molecule has 0 spiro atoms. The van der Waals surface area contributed by atoms with Crippen molar-refractivity contribution in [3.63, 3.8) is 0 Å². The Morgan fingerprint density at radius 2 is 2.40 bits per heavy atom. The molecule has 0 unspecified atom stereocenters. The summed E-state index contributed by atoms with van der Waals surface area (Å²) in [6.45, 7) is 3.74. The van der Waals surface area contributed by atoms with Crippen LogP contribution < -0.4 is 10.9 Å². The number of anilines is 1. The number of imidazole rings is 1. The van der Waals surface area contributed by atoms with Gasteiger partial charge in [0.15, 0.2) is 11.2 Å². The molecule has 0 aliphatic carbocycles. The molecular formula is C14H18N8O3. The molecule has 2 aromatic heterocycles. The minimum atomic E-state index is -0.438. The Kier molecular flexibility index (Phi) is 4.68. The van der Waals surface area contributed by atoms with Crippen LogP contribution in [0.3, 0.4) is 0 Å². The lowest BCUT2D eigenvalue weighted by Crippen LogP contribution is -2.22. The minimum Gasteiger partial charge on any atom is -0.355 e. The van der Waals surface area contributed by atoms with E-state index in [0.717, 1.165) is 6.42 Å². The topological polar surface area (TPSA) is 151 Å². The van der Waals surface area contributed by atoms with Crippen LogP contribution in [0, 0.1) is 5.92 Å². The maximum atomic E-state index is 12.2. The van der Waals surface area contributed by atoms with Crippen molar-refractivity contribution in [2.45, 2.75) is 39.0 Å². The fourth-order valence-corrected chi connectivity index (χ4v) is 2.61. The second kappa shape index (κ2) is 6.91. The summed E-state index contributed by atoms with van der Waals surface area (Å²) in [5.74, 6) is -0.424. The van der Waals surface area contributed by atoms with Crippen LogP contribution in [0.2, 0.25) is 0 Å². The van der Waals surface area contributed by atoms with E-state index in [9.17, 15) is 9.59 Å². The van der Waals surface area contributed by atoms with Gasteiger partial charge >= 0.3 is 0 Å². The van der Waals surface area contributed by atoms with Crippen molar-refractivity contribution in [2.24, 2.45) is 11.0 Å². The number of hydrogen-bond acceptors (Lipinski definition) is 6. The van der Waals surface area contributed by atoms with Crippen LogP contribution in [0.25, 0.3) is 21.6 Å². The number of azide groups is 1. The van der Waals surface area contributed by atoms with Gasteiger partial charge in [0, 0.05) is 10.8 Å². The van der Waals surface area contributed by atoms with Crippen LogP contribution in [0.15, 0.2) is 16.2 Å². The minimum absolute atomic E-state index is 0.0709. The lowest BCUT2D eigenvalue weighted by atomic mass is 10.2. The van der Waals surface area contributed by atoms with E-state index in [2.05, 4.69) is 30.3 Å². The molecule has 11 nitrogen and oxygen atoms in total. The molecule has 25 heavy (non-hydrogen) atoms.